The van der Waals surface area contributed by atoms with Gasteiger partial charge in [0.1, 0.15) is 5.82 Å². The van der Waals surface area contributed by atoms with Crippen LogP contribution in [0.4, 0.5) is 8.78 Å². The Bertz CT molecular complexity index is 521. The number of carbonyl (C=O) groups excluding carboxylic acids is 1. The Hall–Kier alpha value is -2.19. The van der Waals surface area contributed by atoms with Crippen LogP contribution in [0.3, 0.4) is 0 Å². The van der Waals surface area contributed by atoms with E-state index in [1.807, 2.05) is 20.8 Å². The van der Waals surface area contributed by atoms with Crippen molar-refractivity contribution < 1.29 is 13.6 Å². The number of aromatic nitrogens is 2. The Balaban J connectivity index is 2.46. The third kappa shape index (κ3) is 6.06. The van der Waals surface area contributed by atoms with E-state index in [-0.39, 0.29) is 30.4 Å². The molecule has 9 heteroatoms. The molecule has 124 valence electrons. The maximum Gasteiger partial charge on any atom is 0.319 e. The first-order valence-corrected chi connectivity index (χ1v) is 6.78. The van der Waals surface area contributed by atoms with E-state index in [1.54, 1.807) is 0 Å². The van der Waals surface area contributed by atoms with Crippen molar-refractivity contribution in [2.45, 2.75) is 39.4 Å². The second-order valence-corrected chi connectivity index (χ2v) is 5.61. The zero-order valence-corrected chi connectivity index (χ0v) is 13.2. The van der Waals surface area contributed by atoms with Gasteiger partial charge in [0, 0.05) is 25.0 Å². The van der Waals surface area contributed by atoms with Gasteiger partial charge in [-0.2, -0.15) is 8.78 Å². The number of halogens is 2. The van der Waals surface area contributed by atoms with Gasteiger partial charge in [-0.3, -0.25) is 14.4 Å². The second-order valence-electron chi connectivity index (χ2n) is 5.61. The highest BCUT2D eigenvalue weighted by Crippen LogP contribution is 2.11. The largest absolute Gasteiger partial charge is 0.350 e. The van der Waals surface area contributed by atoms with Crippen LogP contribution in [0.2, 0.25) is 0 Å². The summed E-state index contributed by atoms with van der Waals surface area (Å²) in [7, 11) is 1.52. The lowest BCUT2D eigenvalue weighted by Crippen LogP contribution is -2.48. The van der Waals surface area contributed by atoms with Crippen molar-refractivity contribution in [1.29, 1.82) is 0 Å². The van der Waals surface area contributed by atoms with E-state index < -0.39 is 6.55 Å². The topological polar surface area (TPSA) is 83.3 Å². The highest BCUT2D eigenvalue weighted by Gasteiger charge is 2.14. The van der Waals surface area contributed by atoms with Gasteiger partial charge in [0.05, 0.1) is 13.1 Å². The standard InChI is InChI=1S/C13H22F2N6O/c1-13(2,3)20-10(22)8-19-12(16-4)18-7-9-17-5-6-21(9)11(14)15/h5-6,11H,7-8H2,1-4H3,(H,20,22)(H2,16,18,19). The molecule has 0 aliphatic rings. The van der Waals surface area contributed by atoms with Gasteiger partial charge in [-0.15, -0.1) is 0 Å². The number of hydrogen-bond acceptors (Lipinski definition) is 3. The summed E-state index contributed by atoms with van der Waals surface area (Å²) in [6, 6.07) is 0. The van der Waals surface area contributed by atoms with Gasteiger partial charge in [0.15, 0.2) is 5.96 Å². The lowest BCUT2D eigenvalue weighted by atomic mass is 10.1. The minimum absolute atomic E-state index is 0.0280. The molecule has 0 saturated heterocycles. The number of imidazole rings is 1. The van der Waals surface area contributed by atoms with E-state index in [0.29, 0.717) is 5.96 Å². The fourth-order valence-corrected chi connectivity index (χ4v) is 1.67. The Labute approximate surface area is 128 Å². The number of nitrogens with zero attached hydrogens (tertiary/aromatic N) is 3. The molecular formula is C13H22F2N6O. The number of nitrogens with one attached hydrogen (secondary N) is 3. The first kappa shape index (κ1) is 17.9. The van der Waals surface area contributed by atoms with Crippen molar-refractivity contribution in [1.82, 2.24) is 25.5 Å². The van der Waals surface area contributed by atoms with E-state index in [4.69, 9.17) is 0 Å². The van der Waals surface area contributed by atoms with Gasteiger partial charge >= 0.3 is 6.55 Å². The molecule has 0 radical (unpaired) electrons. The lowest BCUT2D eigenvalue weighted by molar-refractivity contribution is -0.121. The van der Waals surface area contributed by atoms with Crippen molar-refractivity contribution in [3.63, 3.8) is 0 Å². The number of carbonyl (C=O) groups is 1. The Morgan fingerprint density at radius 2 is 2.09 bits per heavy atom. The monoisotopic (exact) mass is 316 g/mol. The van der Waals surface area contributed by atoms with Gasteiger partial charge in [-0.05, 0) is 20.8 Å². The molecule has 0 saturated carbocycles. The van der Waals surface area contributed by atoms with Gasteiger partial charge < -0.3 is 16.0 Å². The summed E-state index contributed by atoms with van der Waals surface area (Å²) < 4.78 is 26.1. The van der Waals surface area contributed by atoms with Crippen LogP contribution >= 0.6 is 0 Å². The van der Waals surface area contributed by atoms with Crippen LogP contribution < -0.4 is 16.0 Å². The Morgan fingerprint density at radius 3 is 2.64 bits per heavy atom. The fourth-order valence-electron chi connectivity index (χ4n) is 1.67. The fraction of sp³-hybridized carbons (Fsp3) is 0.615. The maximum atomic E-state index is 12.7. The smallest absolute Gasteiger partial charge is 0.319 e. The molecule has 0 aromatic carbocycles. The van der Waals surface area contributed by atoms with E-state index in [9.17, 15) is 13.6 Å². The van der Waals surface area contributed by atoms with Crippen LogP contribution in [0.5, 0.6) is 0 Å². The average Bonchev–Trinajstić information content (AvgIpc) is 2.85. The third-order valence-corrected chi connectivity index (χ3v) is 2.53. The van der Waals surface area contributed by atoms with Gasteiger partial charge in [0.25, 0.3) is 0 Å². The van der Waals surface area contributed by atoms with Crippen molar-refractivity contribution in [3.05, 3.63) is 18.2 Å². The summed E-state index contributed by atoms with van der Waals surface area (Å²) in [6.07, 6.45) is 2.50. The van der Waals surface area contributed by atoms with E-state index in [2.05, 4.69) is 25.9 Å². The number of guanidine groups is 1. The number of aliphatic imine (C=N–C) groups is 1. The van der Waals surface area contributed by atoms with Crippen LogP contribution in [0.15, 0.2) is 17.4 Å². The normalized spacial score (nSPS) is 12.4. The summed E-state index contributed by atoms with van der Waals surface area (Å²) >= 11 is 0. The first-order chi connectivity index (χ1) is 10.2. The van der Waals surface area contributed by atoms with Crippen LogP contribution in [0.1, 0.15) is 33.1 Å². The van der Waals surface area contributed by atoms with Gasteiger partial charge in [-0.25, -0.2) is 4.98 Å². The number of hydrogen-bond donors (Lipinski definition) is 3. The summed E-state index contributed by atoms with van der Waals surface area (Å²) in [6.45, 7) is 3.08. The summed E-state index contributed by atoms with van der Waals surface area (Å²) in [5.41, 5.74) is -0.322. The zero-order valence-electron chi connectivity index (χ0n) is 13.2. The Kier molecular flexibility index (Phi) is 6.26. The molecule has 1 rings (SSSR count). The molecule has 0 bridgehead atoms. The average molecular weight is 316 g/mol. The summed E-state index contributed by atoms with van der Waals surface area (Å²) in [4.78, 5) is 19.4. The SMILES string of the molecule is CN=C(NCC(=O)NC(C)(C)C)NCc1nccn1C(F)F. The summed E-state index contributed by atoms with van der Waals surface area (Å²) in [5, 5.41) is 8.43. The van der Waals surface area contributed by atoms with Crippen molar-refractivity contribution in [2.24, 2.45) is 4.99 Å². The molecule has 1 amide bonds. The molecule has 3 N–H and O–H groups in total. The van der Waals surface area contributed by atoms with E-state index >= 15 is 0 Å². The van der Waals surface area contributed by atoms with Crippen LogP contribution in [0.25, 0.3) is 0 Å². The quantitative estimate of drug-likeness (QED) is 0.556. The third-order valence-electron chi connectivity index (χ3n) is 2.53. The maximum absolute atomic E-state index is 12.7. The van der Waals surface area contributed by atoms with Crippen molar-refractivity contribution >= 4 is 11.9 Å². The number of amides is 1. The predicted octanol–water partition coefficient (Wildman–Crippen LogP) is 0.858. The van der Waals surface area contributed by atoms with Crippen molar-refractivity contribution in [2.75, 3.05) is 13.6 Å². The van der Waals surface area contributed by atoms with Gasteiger partial charge in [0.2, 0.25) is 5.91 Å². The Morgan fingerprint density at radius 1 is 1.41 bits per heavy atom. The number of rotatable bonds is 5. The highest BCUT2D eigenvalue weighted by atomic mass is 19.3. The van der Waals surface area contributed by atoms with Crippen LogP contribution in [-0.4, -0.2) is 40.5 Å². The van der Waals surface area contributed by atoms with Gasteiger partial charge in [-0.1, -0.05) is 0 Å². The minimum Gasteiger partial charge on any atom is -0.350 e. The van der Waals surface area contributed by atoms with Crippen molar-refractivity contribution in [3.8, 4) is 0 Å². The molecule has 0 atom stereocenters. The molecule has 0 spiro atoms. The molecule has 1 aromatic heterocycles. The van der Waals surface area contributed by atoms with Crippen LogP contribution in [0, 0.1) is 0 Å². The van der Waals surface area contributed by atoms with E-state index in [0.717, 1.165) is 4.57 Å². The highest BCUT2D eigenvalue weighted by molar-refractivity contribution is 5.86. The molecule has 0 aliphatic heterocycles. The first-order valence-electron chi connectivity index (χ1n) is 6.78. The number of alkyl halides is 2. The van der Waals surface area contributed by atoms with E-state index in [1.165, 1.54) is 19.4 Å². The molecule has 0 fully saturated rings. The molecule has 22 heavy (non-hydrogen) atoms. The minimum atomic E-state index is -2.65. The second kappa shape index (κ2) is 7.71. The predicted molar refractivity (Wildman–Crippen MR) is 79.6 cm³/mol. The summed E-state index contributed by atoms with van der Waals surface area (Å²) in [5.74, 6) is 0.314. The molecular weight excluding hydrogens is 294 g/mol. The zero-order chi connectivity index (χ0) is 16.8. The molecule has 1 aromatic rings. The molecule has 0 unspecified atom stereocenters. The molecule has 7 nitrogen and oxygen atoms in total. The molecule has 1 heterocycles. The van der Waals surface area contributed by atoms with Crippen LogP contribution in [-0.2, 0) is 11.3 Å². The molecule has 0 aliphatic carbocycles. The lowest BCUT2D eigenvalue weighted by Gasteiger charge is -2.21.